The minimum absolute atomic E-state index is 0.0324. The first-order chi connectivity index (χ1) is 13.2. The summed E-state index contributed by atoms with van der Waals surface area (Å²) in [7, 11) is -4.50. The number of nitrogens with zero attached hydrogens (tertiary/aromatic N) is 4. The van der Waals surface area contributed by atoms with Crippen LogP contribution < -0.4 is 5.32 Å². The first kappa shape index (κ1) is 23.3. The summed E-state index contributed by atoms with van der Waals surface area (Å²) in [5.74, 6) is 0.0793. The maximum Gasteiger partial charge on any atom is 0.247 e. The Balaban J connectivity index is 2.46. The van der Waals surface area contributed by atoms with E-state index in [4.69, 9.17) is 0 Å². The largest absolute Gasteiger partial charge is 0.394 e. The molecule has 2 aromatic rings. The molecule has 2 aromatic heterocycles. The van der Waals surface area contributed by atoms with Crippen LogP contribution in [0.2, 0.25) is 0 Å². The average molecular weight is 446 g/mol. The van der Waals surface area contributed by atoms with Gasteiger partial charge in [-0.05, 0) is 32.9 Å². The van der Waals surface area contributed by atoms with Crippen molar-refractivity contribution in [2.24, 2.45) is 7.05 Å². The Kier molecular flexibility index (Phi) is 6.43. The number of sulfonamides is 1. The highest BCUT2D eigenvalue weighted by atomic mass is 32.2. The number of hydrogen-bond donors (Lipinski definition) is 2. The van der Waals surface area contributed by atoms with Crippen molar-refractivity contribution in [3.63, 3.8) is 0 Å². The van der Waals surface area contributed by atoms with Crippen LogP contribution >= 0.6 is 0 Å². The zero-order valence-electron chi connectivity index (χ0n) is 17.3. The van der Waals surface area contributed by atoms with Crippen molar-refractivity contribution in [3.8, 4) is 0 Å². The number of nitrogens with one attached hydrogen (secondary N) is 1. The SMILES string of the molecule is Cc1ccc(S(=O)(=O)N(C)C(C)(C)CO)c(NCc2nn(C)cc2S(C)(=O)=O)n1. The maximum atomic E-state index is 13.1. The van der Waals surface area contributed by atoms with Crippen LogP contribution in [0.3, 0.4) is 0 Å². The van der Waals surface area contributed by atoms with E-state index < -0.39 is 25.4 Å². The standard InChI is InChI=1S/C17H27N5O5S2/c1-12-7-8-14(29(26,27)22(5)17(2,3)11-23)16(19-12)18-9-13-15(28(6,24)25)10-21(4)20-13/h7-8,10,23H,9,11H2,1-6H3,(H,18,19). The summed E-state index contributed by atoms with van der Waals surface area (Å²) >= 11 is 0. The van der Waals surface area contributed by atoms with Crippen molar-refractivity contribution in [3.05, 3.63) is 29.7 Å². The van der Waals surface area contributed by atoms with Crippen LogP contribution in [0.25, 0.3) is 0 Å². The summed E-state index contributed by atoms with van der Waals surface area (Å²) in [6.45, 7) is 4.52. The number of hydrogen-bond acceptors (Lipinski definition) is 8. The predicted molar refractivity (Wildman–Crippen MR) is 109 cm³/mol. The fourth-order valence-electron chi connectivity index (χ4n) is 2.56. The van der Waals surface area contributed by atoms with Crippen LogP contribution in [0.5, 0.6) is 0 Å². The van der Waals surface area contributed by atoms with Crippen LogP contribution in [0.1, 0.15) is 25.2 Å². The van der Waals surface area contributed by atoms with Gasteiger partial charge in [0.25, 0.3) is 0 Å². The fraction of sp³-hybridized carbons (Fsp3) is 0.529. The van der Waals surface area contributed by atoms with Gasteiger partial charge in [0.2, 0.25) is 10.0 Å². The van der Waals surface area contributed by atoms with Gasteiger partial charge < -0.3 is 10.4 Å². The van der Waals surface area contributed by atoms with Crippen molar-refractivity contribution in [1.82, 2.24) is 19.1 Å². The summed E-state index contributed by atoms with van der Waals surface area (Å²) in [5.41, 5.74) is -0.184. The van der Waals surface area contributed by atoms with Crippen LogP contribution in [0.15, 0.2) is 28.1 Å². The second-order valence-corrected chi connectivity index (χ2v) is 11.4. The topological polar surface area (TPSA) is 134 Å². The molecule has 0 atom stereocenters. The molecule has 0 aromatic carbocycles. The lowest BCUT2D eigenvalue weighted by molar-refractivity contribution is 0.138. The lowest BCUT2D eigenvalue weighted by Crippen LogP contribution is -2.47. The van der Waals surface area contributed by atoms with Crippen molar-refractivity contribution in [2.75, 3.05) is 25.2 Å². The van der Waals surface area contributed by atoms with E-state index in [9.17, 15) is 21.9 Å². The van der Waals surface area contributed by atoms with Crippen molar-refractivity contribution in [2.45, 2.75) is 42.6 Å². The molecule has 29 heavy (non-hydrogen) atoms. The van der Waals surface area contributed by atoms with Gasteiger partial charge in [0.1, 0.15) is 21.3 Å². The van der Waals surface area contributed by atoms with Crippen molar-refractivity contribution in [1.29, 1.82) is 0 Å². The predicted octanol–water partition coefficient (Wildman–Crippen LogP) is 0.531. The molecule has 0 fully saturated rings. The Morgan fingerprint density at radius 2 is 1.83 bits per heavy atom. The van der Waals surface area contributed by atoms with Crippen LogP contribution in [0.4, 0.5) is 5.82 Å². The molecule has 0 saturated carbocycles. The molecule has 0 aliphatic heterocycles. The molecule has 2 rings (SSSR count). The van der Waals surface area contributed by atoms with Gasteiger partial charge in [0, 0.05) is 32.2 Å². The molecule has 0 spiro atoms. The molecule has 0 radical (unpaired) electrons. The Bertz CT molecular complexity index is 1110. The van der Waals surface area contributed by atoms with Crippen LogP contribution in [0, 0.1) is 6.92 Å². The number of aliphatic hydroxyl groups is 1. The first-order valence-electron chi connectivity index (χ1n) is 8.74. The molecule has 12 heteroatoms. The molecule has 0 bridgehead atoms. The van der Waals surface area contributed by atoms with Gasteiger partial charge in [-0.25, -0.2) is 21.8 Å². The third-order valence-electron chi connectivity index (χ3n) is 4.57. The smallest absolute Gasteiger partial charge is 0.247 e. The number of likely N-dealkylation sites (N-methyl/N-ethyl adjacent to an activating group) is 1. The maximum absolute atomic E-state index is 13.1. The molecule has 2 N–H and O–H groups in total. The number of sulfone groups is 1. The molecule has 162 valence electrons. The third-order valence-corrected chi connectivity index (χ3v) is 7.81. The number of anilines is 1. The van der Waals surface area contributed by atoms with Crippen molar-refractivity contribution >= 4 is 25.7 Å². The van der Waals surface area contributed by atoms with Gasteiger partial charge in [-0.3, -0.25) is 4.68 Å². The van der Waals surface area contributed by atoms with Gasteiger partial charge >= 0.3 is 0 Å². The second kappa shape index (κ2) is 8.01. The highest BCUT2D eigenvalue weighted by molar-refractivity contribution is 7.90. The normalized spacial score (nSPS) is 13.1. The van der Waals surface area contributed by atoms with Gasteiger partial charge in [0.05, 0.1) is 18.7 Å². The average Bonchev–Trinajstić information content (AvgIpc) is 3.00. The van der Waals surface area contributed by atoms with E-state index in [1.54, 1.807) is 33.9 Å². The number of aryl methyl sites for hydroxylation is 2. The minimum atomic E-state index is -3.99. The third kappa shape index (κ3) is 4.94. The van der Waals surface area contributed by atoms with Crippen LogP contribution in [-0.4, -0.2) is 66.5 Å². The zero-order chi connectivity index (χ0) is 22.2. The van der Waals surface area contributed by atoms with Gasteiger partial charge in [0.15, 0.2) is 9.84 Å². The zero-order valence-corrected chi connectivity index (χ0v) is 19.0. The molecular weight excluding hydrogens is 418 g/mol. The minimum Gasteiger partial charge on any atom is -0.394 e. The van der Waals surface area contributed by atoms with E-state index in [2.05, 4.69) is 15.4 Å². The van der Waals surface area contributed by atoms with Gasteiger partial charge in [-0.15, -0.1) is 0 Å². The number of rotatable bonds is 8. The Hall–Kier alpha value is -2.02. The first-order valence-corrected chi connectivity index (χ1v) is 12.1. The van der Waals surface area contributed by atoms with Gasteiger partial charge in [-0.2, -0.15) is 9.40 Å². The summed E-state index contributed by atoms with van der Waals surface area (Å²) in [6.07, 6.45) is 2.48. The summed E-state index contributed by atoms with van der Waals surface area (Å²) < 4.78 is 52.7. The second-order valence-electron chi connectivity index (χ2n) is 7.48. The Labute approximate surface area is 171 Å². The van der Waals surface area contributed by atoms with Crippen molar-refractivity contribution < 1.29 is 21.9 Å². The molecule has 0 aliphatic carbocycles. The highest BCUT2D eigenvalue weighted by Crippen LogP contribution is 2.28. The molecule has 0 aliphatic rings. The Morgan fingerprint density at radius 1 is 1.21 bits per heavy atom. The molecule has 0 saturated heterocycles. The lowest BCUT2D eigenvalue weighted by Gasteiger charge is -2.33. The van der Waals surface area contributed by atoms with E-state index in [0.29, 0.717) is 5.69 Å². The quantitative estimate of drug-likeness (QED) is 0.601. The van der Waals surface area contributed by atoms with E-state index >= 15 is 0 Å². The molecule has 10 nitrogen and oxygen atoms in total. The lowest BCUT2D eigenvalue weighted by atomic mass is 10.1. The summed E-state index contributed by atoms with van der Waals surface area (Å²) in [5, 5.41) is 16.6. The van der Waals surface area contributed by atoms with Gasteiger partial charge in [-0.1, -0.05) is 0 Å². The van der Waals surface area contributed by atoms with E-state index in [0.717, 1.165) is 10.6 Å². The summed E-state index contributed by atoms with van der Waals surface area (Å²) in [6, 6.07) is 3.00. The molecular formula is C17H27N5O5S2. The van der Waals surface area contributed by atoms with Crippen LogP contribution in [-0.2, 0) is 33.5 Å². The fourth-order valence-corrected chi connectivity index (χ4v) is 5.05. The molecule has 0 amide bonds. The monoisotopic (exact) mass is 445 g/mol. The molecule has 0 unspecified atom stereocenters. The summed E-state index contributed by atoms with van der Waals surface area (Å²) in [4.78, 5) is 4.26. The molecule has 2 heterocycles. The Morgan fingerprint density at radius 3 is 2.38 bits per heavy atom. The number of pyridine rings is 1. The highest BCUT2D eigenvalue weighted by Gasteiger charge is 2.35. The van der Waals surface area contributed by atoms with E-state index in [1.165, 1.54) is 24.0 Å². The van der Waals surface area contributed by atoms with E-state index in [1.807, 2.05) is 0 Å². The van der Waals surface area contributed by atoms with E-state index in [-0.39, 0.29) is 34.5 Å². The number of aliphatic hydroxyl groups excluding tert-OH is 1. The number of aromatic nitrogens is 3.